The first kappa shape index (κ1) is 11.3. The van der Waals surface area contributed by atoms with E-state index in [9.17, 15) is 5.11 Å². The van der Waals surface area contributed by atoms with Crippen molar-refractivity contribution in [3.8, 4) is 0 Å². The summed E-state index contributed by atoms with van der Waals surface area (Å²) in [4.78, 5) is 2.31. The van der Waals surface area contributed by atoms with Gasteiger partial charge in [-0.3, -0.25) is 4.90 Å². The second-order valence-corrected chi connectivity index (χ2v) is 5.20. The third kappa shape index (κ3) is 2.91. The van der Waals surface area contributed by atoms with Gasteiger partial charge < -0.3 is 14.6 Å². The van der Waals surface area contributed by atoms with Crippen molar-refractivity contribution >= 4 is 0 Å². The zero-order valence-electron chi connectivity index (χ0n) is 9.66. The summed E-state index contributed by atoms with van der Waals surface area (Å²) in [7, 11) is 0. The molecule has 4 nitrogen and oxygen atoms in total. The average Bonchev–Trinajstić information content (AvgIpc) is 2.73. The molecular weight excluding hydrogens is 194 g/mol. The van der Waals surface area contributed by atoms with E-state index in [1.165, 1.54) is 0 Å². The Hall–Kier alpha value is -0.160. The molecule has 0 aromatic rings. The second kappa shape index (κ2) is 4.01. The van der Waals surface area contributed by atoms with E-state index >= 15 is 0 Å². The third-order valence-electron chi connectivity index (χ3n) is 3.13. The van der Waals surface area contributed by atoms with Crippen LogP contribution in [0, 0.1) is 0 Å². The predicted molar refractivity (Wildman–Crippen MR) is 56.6 cm³/mol. The molecule has 0 atom stereocenters. The number of rotatable bonds is 3. The van der Waals surface area contributed by atoms with Gasteiger partial charge in [-0.1, -0.05) is 0 Å². The van der Waals surface area contributed by atoms with Crippen LogP contribution in [0.4, 0.5) is 0 Å². The lowest BCUT2D eigenvalue weighted by Crippen LogP contribution is -2.36. The minimum atomic E-state index is -0.576. The van der Waals surface area contributed by atoms with E-state index in [4.69, 9.17) is 9.47 Å². The fraction of sp³-hybridized carbons (Fsp3) is 1.00. The molecule has 0 unspecified atom stereocenters. The zero-order valence-corrected chi connectivity index (χ0v) is 9.66. The molecular formula is C11H21NO3. The molecule has 2 aliphatic heterocycles. The maximum Gasteiger partial charge on any atom is 0.182 e. The summed E-state index contributed by atoms with van der Waals surface area (Å²) in [5.41, 5.74) is -0.576. The quantitative estimate of drug-likeness (QED) is 0.748. The van der Waals surface area contributed by atoms with E-state index in [1.54, 1.807) is 0 Å². The number of nitrogens with zero attached hydrogens (tertiary/aromatic N) is 1. The van der Waals surface area contributed by atoms with Crippen LogP contribution in [-0.2, 0) is 9.47 Å². The first-order chi connectivity index (χ1) is 6.99. The first-order valence-corrected chi connectivity index (χ1v) is 5.72. The van der Waals surface area contributed by atoms with Gasteiger partial charge in [-0.05, 0) is 20.3 Å². The van der Waals surface area contributed by atoms with Crippen LogP contribution in [0.25, 0.3) is 0 Å². The van der Waals surface area contributed by atoms with Crippen molar-refractivity contribution in [1.29, 1.82) is 0 Å². The predicted octanol–water partition coefficient (Wildman–Crippen LogP) is 0.596. The van der Waals surface area contributed by atoms with Gasteiger partial charge in [-0.2, -0.15) is 0 Å². The van der Waals surface area contributed by atoms with Gasteiger partial charge in [-0.25, -0.2) is 0 Å². The highest BCUT2D eigenvalue weighted by Gasteiger charge is 2.43. The molecule has 2 rings (SSSR count). The molecule has 0 bridgehead atoms. The van der Waals surface area contributed by atoms with E-state index in [2.05, 4.69) is 4.90 Å². The normalized spacial score (nSPS) is 26.6. The lowest BCUT2D eigenvalue weighted by molar-refractivity contribution is -0.145. The highest BCUT2D eigenvalue weighted by atomic mass is 16.7. The standard InChI is InChI=1S/C11H21NO3/c1-10(2,13)3-5-12-6-4-11(9-12)14-7-8-15-11/h13H,3-9H2,1-2H3. The SMILES string of the molecule is CC(C)(O)CCN1CCC2(C1)OCCO2. The molecule has 0 radical (unpaired) electrons. The Kier molecular flexibility index (Phi) is 3.03. The molecule has 2 saturated heterocycles. The number of aliphatic hydroxyl groups is 1. The summed E-state index contributed by atoms with van der Waals surface area (Å²) >= 11 is 0. The highest BCUT2D eigenvalue weighted by Crippen LogP contribution is 2.30. The van der Waals surface area contributed by atoms with Gasteiger partial charge in [0.25, 0.3) is 0 Å². The molecule has 2 heterocycles. The Labute approximate surface area is 91.2 Å². The summed E-state index contributed by atoms with van der Waals surface area (Å²) < 4.78 is 11.3. The van der Waals surface area contributed by atoms with Gasteiger partial charge in [0.1, 0.15) is 0 Å². The van der Waals surface area contributed by atoms with E-state index < -0.39 is 5.60 Å². The molecule has 0 aliphatic carbocycles. The van der Waals surface area contributed by atoms with Crippen LogP contribution >= 0.6 is 0 Å². The molecule has 4 heteroatoms. The van der Waals surface area contributed by atoms with E-state index in [-0.39, 0.29) is 5.79 Å². The van der Waals surface area contributed by atoms with Crippen molar-refractivity contribution in [2.24, 2.45) is 0 Å². The zero-order chi connectivity index (χ0) is 10.9. The number of likely N-dealkylation sites (tertiary alicyclic amines) is 1. The summed E-state index contributed by atoms with van der Waals surface area (Å²) in [5, 5.41) is 9.65. The molecule has 2 aliphatic rings. The summed E-state index contributed by atoms with van der Waals surface area (Å²) in [5.74, 6) is -0.320. The van der Waals surface area contributed by atoms with Crippen LogP contribution in [0.5, 0.6) is 0 Å². The molecule has 0 aromatic carbocycles. The van der Waals surface area contributed by atoms with Gasteiger partial charge in [-0.15, -0.1) is 0 Å². The van der Waals surface area contributed by atoms with Crippen LogP contribution in [-0.4, -0.2) is 54.2 Å². The fourth-order valence-corrected chi connectivity index (χ4v) is 2.18. The van der Waals surface area contributed by atoms with Crippen LogP contribution in [0.2, 0.25) is 0 Å². The van der Waals surface area contributed by atoms with Gasteiger partial charge in [0.05, 0.1) is 25.4 Å². The van der Waals surface area contributed by atoms with E-state index in [0.29, 0.717) is 0 Å². The first-order valence-electron chi connectivity index (χ1n) is 5.72. The molecule has 88 valence electrons. The van der Waals surface area contributed by atoms with Crippen LogP contribution in [0.3, 0.4) is 0 Å². The Balaban J connectivity index is 1.78. The van der Waals surface area contributed by atoms with Crippen molar-refractivity contribution in [2.75, 3.05) is 32.8 Å². The maximum atomic E-state index is 9.65. The third-order valence-corrected chi connectivity index (χ3v) is 3.13. The minimum absolute atomic E-state index is 0.320. The van der Waals surface area contributed by atoms with Crippen LogP contribution in [0.1, 0.15) is 26.7 Å². The lowest BCUT2D eigenvalue weighted by atomic mass is 10.1. The van der Waals surface area contributed by atoms with Crippen molar-refractivity contribution in [1.82, 2.24) is 4.90 Å². The molecule has 0 saturated carbocycles. The Morgan fingerprint density at radius 1 is 1.33 bits per heavy atom. The number of hydrogen-bond donors (Lipinski definition) is 1. The molecule has 0 aromatic heterocycles. The fourth-order valence-electron chi connectivity index (χ4n) is 2.18. The van der Waals surface area contributed by atoms with Crippen molar-refractivity contribution < 1.29 is 14.6 Å². The van der Waals surface area contributed by atoms with Gasteiger partial charge >= 0.3 is 0 Å². The summed E-state index contributed by atoms with van der Waals surface area (Å²) in [6, 6.07) is 0. The molecule has 0 amide bonds. The lowest BCUT2D eigenvalue weighted by Gasteiger charge is -2.24. The monoisotopic (exact) mass is 215 g/mol. The number of hydrogen-bond acceptors (Lipinski definition) is 4. The summed E-state index contributed by atoms with van der Waals surface area (Å²) in [6.07, 6.45) is 1.75. The number of ether oxygens (including phenoxy) is 2. The Bertz CT molecular complexity index is 218. The van der Waals surface area contributed by atoms with Crippen LogP contribution in [0.15, 0.2) is 0 Å². The highest BCUT2D eigenvalue weighted by molar-refractivity contribution is 4.87. The maximum absolute atomic E-state index is 9.65. The largest absolute Gasteiger partial charge is 0.390 e. The smallest absolute Gasteiger partial charge is 0.182 e. The Morgan fingerprint density at radius 3 is 2.60 bits per heavy atom. The van der Waals surface area contributed by atoms with Gasteiger partial charge in [0.2, 0.25) is 0 Å². The average molecular weight is 215 g/mol. The summed E-state index contributed by atoms with van der Waals surface area (Å²) in [6.45, 7) is 7.92. The molecule has 15 heavy (non-hydrogen) atoms. The van der Waals surface area contributed by atoms with Gasteiger partial charge in [0, 0.05) is 19.5 Å². The molecule has 2 fully saturated rings. The topological polar surface area (TPSA) is 41.9 Å². The van der Waals surface area contributed by atoms with Crippen molar-refractivity contribution in [3.63, 3.8) is 0 Å². The van der Waals surface area contributed by atoms with Crippen molar-refractivity contribution in [2.45, 2.75) is 38.1 Å². The van der Waals surface area contributed by atoms with Gasteiger partial charge in [0.15, 0.2) is 5.79 Å². The Morgan fingerprint density at radius 2 is 2.00 bits per heavy atom. The van der Waals surface area contributed by atoms with E-state index in [1.807, 2.05) is 13.8 Å². The van der Waals surface area contributed by atoms with Crippen molar-refractivity contribution in [3.05, 3.63) is 0 Å². The molecule has 1 N–H and O–H groups in total. The van der Waals surface area contributed by atoms with E-state index in [0.717, 1.165) is 45.7 Å². The second-order valence-electron chi connectivity index (χ2n) is 5.20. The molecule has 1 spiro atoms. The minimum Gasteiger partial charge on any atom is -0.390 e. The van der Waals surface area contributed by atoms with Crippen LogP contribution < -0.4 is 0 Å².